The van der Waals surface area contributed by atoms with Gasteiger partial charge in [0.1, 0.15) is 17.4 Å². The van der Waals surface area contributed by atoms with Gasteiger partial charge in [-0.3, -0.25) is 4.99 Å². The normalized spacial score (nSPS) is 13.9. The Hall–Kier alpha value is -1.84. The van der Waals surface area contributed by atoms with Gasteiger partial charge in [-0.05, 0) is 30.5 Å². The lowest BCUT2D eigenvalue weighted by Crippen LogP contribution is -2.38. The average molecular weight is 484 g/mol. The molecule has 0 radical (unpaired) electrons. The van der Waals surface area contributed by atoms with Crippen molar-refractivity contribution in [1.82, 2.24) is 25.4 Å². The number of fused-ring (bicyclic) bond motifs is 1. The van der Waals surface area contributed by atoms with Crippen LogP contribution in [-0.4, -0.2) is 41.4 Å². The van der Waals surface area contributed by atoms with Crippen molar-refractivity contribution in [3.63, 3.8) is 0 Å². The maximum absolute atomic E-state index is 5.26. The van der Waals surface area contributed by atoms with Gasteiger partial charge < -0.3 is 19.9 Å². The van der Waals surface area contributed by atoms with E-state index in [4.69, 9.17) is 4.74 Å². The minimum atomic E-state index is 0. The molecule has 1 aromatic heterocycles. The fraction of sp³-hybridized carbons (Fsp3) is 0.526. The number of rotatable bonds is 6. The number of ether oxygens (including phenoxy) is 1. The molecule has 0 amide bonds. The molecule has 2 heterocycles. The second-order valence-corrected chi connectivity index (χ2v) is 6.45. The number of methoxy groups -OCH3 is 1. The third-order valence-corrected chi connectivity index (χ3v) is 4.64. The molecule has 0 aliphatic carbocycles. The van der Waals surface area contributed by atoms with Gasteiger partial charge in [0.2, 0.25) is 0 Å². The molecule has 0 fully saturated rings. The maximum Gasteiger partial charge on any atom is 0.191 e. The van der Waals surface area contributed by atoms with Gasteiger partial charge in [0.25, 0.3) is 0 Å². The SMILES string of the molecule is CN=C(NCCc1nnc2n1CCCCC2)NCc1cccc(OC)c1.I. The van der Waals surface area contributed by atoms with Gasteiger partial charge in [-0.2, -0.15) is 0 Å². The zero-order valence-corrected chi connectivity index (χ0v) is 18.4. The molecule has 2 aromatic rings. The molecule has 0 bridgehead atoms. The van der Waals surface area contributed by atoms with Crippen molar-refractivity contribution in [3.8, 4) is 5.75 Å². The number of benzene rings is 1. The van der Waals surface area contributed by atoms with Crippen LogP contribution in [0.4, 0.5) is 0 Å². The number of guanidine groups is 1. The molecule has 2 N–H and O–H groups in total. The zero-order chi connectivity index (χ0) is 18.2. The van der Waals surface area contributed by atoms with Crippen LogP contribution in [0.25, 0.3) is 0 Å². The average Bonchev–Trinajstić information content (AvgIpc) is 2.90. The smallest absolute Gasteiger partial charge is 0.191 e. The number of hydrogen-bond acceptors (Lipinski definition) is 4. The first-order valence-corrected chi connectivity index (χ1v) is 9.28. The number of aromatic nitrogens is 3. The Morgan fingerprint density at radius 1 is 1.22 bits per heavy atom. The fourth-order valence-electron chi connectivity index (χ4n) is 3.21. The fourth-order valence-corrected chi connectivity index (χ4v) is 3.21. The van der Waals surface area contributed by atoms with Crippen LogP contribution < -0.4 is 15.4 Å². The summed E-state index contributed by atoms with van der Waals surface area (Å²) in [6.07, 6.45) is 5.60. The Labute approximate surface area is 178 Å². The van der Waals surface area contributed by atoms with E-state index >= 15 is 0 Å². The van der Waals surface area contributed by atoms with Crippen molar-refractivity contribution in [2.45, 2.75) is 45.2 Å². The molecule has 7 nitrogen and oxygen atoms in total. The predicted octanol–water partition coefficient (Wildman–Crippen LogP) is 2.54. The van der Waals surface area contributed by atoms with Crippen molar-refractivity contribution in [1.29, 1.82) is 0 Å². The summed E-state index contributed by atoms with van der Waals surface area (Å²) >= 11 is 0. The van der Waals surface area contributed by atoms with E-state index in [1.54, 1.807) is 14.2 Å². The Bertz CT molecular complexity index is 746. The third-order valence-electron chi connectivity index (χ3n) is 4.64. The minimum Gasteiger partial charge on any atom is -0.497 e. The Morgan fingerprint density at radius 2 is 2.11 bits per heavy atom. The topological polar surface area (TPSA) is 76.4 Å². The Balaban J connectivity index is 0.00000261. The highest BCUT2D eigenvalue weighted by Crippen LogP contribution is 2.14. The van der Waals surface area contributed by atoms with Crippen molar-refractivity contribution in [2.24, 2.45) is 4.99 Å². The van der Waals surface area contributed by atoms with Crippen LogP contribution in [0, 0.1) is 0 Å². The predicted molar refractivity (Wildman–Crippen MR) is 118 cm³/mol. The van der Waals surface area contributed by atoms with E-state index in [1.165, 1.54) is 19.3 Å². The lowest BCUT2D eigenvalue weighted by atomic mass is 10.2. The Kier molecular flexibility index (Phi) is 8.83. The summed E-state index contributed by atoms with van der Waals surface area (Å²) < 4.78 is 7.55. The molecule has 0 saturated heterocycles. The van der Waals surface area contributed by atoms with E-state index in [-0.39, 0.29) is 24.0 Å². The first-order valence-electron chi connectivity index (χ1n) is 9.28. The highest BCUT2D eigenvalue weighted by atomic mass is 127. The monoisotopic (exact) mass is 484 g/mol. The van der Waals surface area contributed by atoms with Crippen LogP contribution in [-0.2, 0) is 25.9 Å². The highest BCUT2D eigenvalue weighted by Gasteiger charge is 2.14. The van der Waals surface area contributed by atoms with Crippen LogP contribution >= 0.6 is 24.0 Å². The van der Waals surface area contributed by atoms with Gasteiger partial charge in [0.15, 0.2) is 5.96 Å². The number of halogens is 1. The largest absolute Gasteiger partial charge is 0.497 e. The van der Waals surface area contributed by atoms with E-state index in [0.717, 1.165) is 54.9 Å². The number of aryl methyl sites for hydroxylation is 1. The molecular formula is C19H29IN6O. The van der Waals surface area contributed by atoms with Gasteiger partial charge in [0.05, 0.1) is 7.11 Å². The van der Waals surface area contributed by atoms with Crippen LogP contribution in [0.2, 0.25) is 0 Å². The van der Waals surface area contributed by atoms with Gasteiger partial charge in [-0.25, -0.2) is 0 Å². The molecule has 0 unspecified atom stereocenters. The van der Waals surface area contributed by atoms with E-state index in [1.807, 2.05) is 18.2 Å². The third kappa shape index (κ3) is 6.08. The van der Waals surface area contributed by atoms with Gasteiger partial charge in [-0.15, -0.1) is 34.2 Å². The van der Waals surface area contributed by atoms with E-state index in [0.29, 0.717) is 6.54 Å². The maximum atomic E-state index is 5.26. The zero-order valence-electron chi connectivity index (χ0n) is 16.1. The van der Waals surface area contributed by atoms with E-state index in [2.05, 4.69) is 36.5 Å². The molecule has 1 aliphatic heterocycles. The van der Waals surface area contributed by atoms with E-state index < -0.39 is 0 Å². The summed E-state index contributed by atoms with van der Waals surface area (Å²) in [6.45, 7) is 2.51. The Morgan fingerprint density at radius 3 is 2.93 bits per heavy atom. The number of nitrogens with one attached hydrogen (secondary N) is 2. The van der Waals surface area contributed by atoms with Crippen LogP contribution in [0.3, 0.4) is 0 Å². The summed E-state index contributed by atoms with van der Waals surface area (Å²) in [6, 6.07) is 8.02. The quantitative estimate of drug-likeness (QED) is 0.375. The molecule has 148 valence electrons. The van der Waals surface area contributed by atoms with E-state index in [9.17, 15) is 0 Å². The second-order valence-electron chi connectivity index (χ2n) is 6.45. The van der Waals surface area contributed by atoms with Crippen molar-refractivity contribution >= 4 is 29.9 Å². The minimum absolute atomic E-state index is 0. The lowest BCUT2D eigenvalue weighted by Gasteiger charge is -2.13. The van der Waals surface area contributed by atoms with Crippen molar-refractivity contribution in [3.05, 3.63) is 41.5 Å². The first-order chi connectivity index (χ1) is 12.8. The molecule has 1 aliphatic rings. The summed E-state index contributed by atoms with van der Waals surface area (Å²) in [5.41, 5.74) is 1.15. The summed E-state index contributed by atoms with van der Waals surface area (Å²) in [7, 11) is 3.46. The highest BCUT2D eigenvalue weighted by molar-refractivity contribution is 14.0. The molecule has 3 rings (SSSR count). The molecule has 1 aromatic carbocycles. The summed E-state index contributed by atoms with van der Waals surface area (Å²) in [4.78, 5) is 4.29. The second kappa shape index (κ2) is 11.1. The molecular weight excluding hydrogens is 455 g/mol. The first kappa shape index (κ1) is 21.5. The standard InChI is InChI=1S/C19H28N6O.HI/c1-20-19(22-14-15-7-6-8-16(13-15)26-2)21-11-10-18-24-23-17-9-4-3-5-12-25(17)18;/h6-8,13H,3-5,9-12,14H2,1-2H3,(H2,20,21,22);1H. The van der Waals surface area contributed by atoms with Gasteiger partial charge >= 0.3 is 0 Å². The van der Waals surface area contributed by atoms with Gasteiger partial charge in [0, 0.05) is 39.5 Å². The molecule has 0 atom stereocenters. The van der Waals surface area contributed by atoms with Crippen LogP contribution in [0.5, 0.6) is 5.75 Å². The van der Waals surface area contributed by atoms with Crippen LogP contribution in [0.1, 0.15) is 36.5 Å². The van der Waals surface area contributed by atoms with Crippen molar-refractivity contribution in [2.75, 3.05) is 20.7 Å². The summed E-state index contributed by atoms with van der Waals surface area (Å²) in [5, 5.41) is 15.4. The molecule has 27 heavy (non-hydrogen) atoms. The van der Waals surface area contributed by atoms with Crippen molar-refractivity contribution < 1.29 is 4.74 Å². The molecule has 8 heteroatoms. The molecule has 0 spiro atoms. The number of nitrogens with zero attached hydrogens (tertiary/aromatic N) is 4. The number of hydrogen-bond donors (Lipinski definition) is 2. The lowest BCUT2D eigenvalue weighted by molar-refractivity contribution is 0.414. The summed E-state index contributed by atoms with van der Waals surface area (Å²) in [5.74, 6) is 3.85. The van der Waals surface area contributed by atoms with Gasteiger partial charge in [-0.1, -0.05) is 18.6 Å². The number of aliphatic imine (C=N–C) groups is 1. The van der Waals surface area contributed by atoms with Crippen LogP contribution in [0.15, 0.2) is 29.3 Å². The molecule has 0 saturated carbocycles.